The molecule has 1 aromatic rings. The third kappa shape index (κ3) is 0.265. The zero-order chi connectivity index (χ0) is 3.54. The highest BCUT2D eigenvalue weighted by Gasteiger charge is 1.58. The second kappa shape index (κ2) is 0.885. The van der Waals surface area contributed by atoms with E-state index >= 15 is 0 Å². The number of aromatic nitrogens is 2. The van der Waals surface area contributed by atoms with Gasteiger partial charge in [-0.15, -0.1) is 0 Å². The van der Waals surface area contributed by atoms with Gasteiger partial charge in [-0.2, -0.15) is 0 Å². The molecule has 0 aliphatic rings. The molecule has 0 aliphatic carbocycles. The van der Waals surface area contributed by atoms with E-state index in [1.807, 2.05) is 0 Å². The Morgan fingerprint density at radius 3 is 3.20 bits per heavy atom. The van der Waals surface area contributed by atoms with E-state index in [1.165, 1.54) is 0 Å². The van der Waals surface area contributed by atoms with E-state index < -0.39 is 0 Å². The van der Waals surface area contributed by atoms with Crippen molar-refractivity contribution in [1.29, 1.82) is 0 Å². The Balaban J connectivity index is 0.000000250. The van der Waals surface area contributed by atoms with Crippen LogP contribution in [0.4, 0.5) is 0 Å². The molecule has 1 radical (unpaired) electrons. The third-order valence-electron chi connectivity index (χ3n) is 0.362. The van der Waals surface area contributed by atoms with Gasteiger partial charge < -0.3 is 4.98 Å². The Bertz CT molecular complexity index is 65.3. The van der Waals surface area contributed by atoms with Crippen LogP contribution in [0.3, 0.4) is 0 Å². The van der Waals surface area contributed by atoms with Crippen molar-refractivity contribution < 1.29 is 1.43 Å². The Hall–Kier alpha value is -0.790. The highest BCUT2D eigenvalue weighted by molar-refractivity contribution is 4.63. The number of H-pyrrole nitrogens is 1. The van der Waals surface area contributed by atoms with Gasteiger partial charge in [-0.05, 0) is 0 Å². The van der Waals surface area contributed by atoms with Crippen LogP contribution in [0.25, 0.3) is 0 Å². The Morgan fingerprint density at radius 2 is 3.00 bits per heavy atom. The van der Waals surface area contributed by atoms with Gasteiger partial charge in [-0.1, -0.05) is 0 Å². The van der Waals surface area contributed by atoms with Crippen molar-refractivity contribution in [2.24, 2.45) is 0 Å². The summed E-state index contributed by atoms with van der Waals surface area (Å²) >= 11 is 0. The van der Waals surface area contributed by atoms with Crippen LogP contribution in [-0.4, -0.2) is 9.97 Å². The van der Waals surface area contributed by atoms with E-state index in [2.05, 4.69) is 16.3 Å². The molecule has 1 rings (SSSR count). The van der Waals surface area contributed by atoms with E-state index in [0.29, 0.717) is 0 Å². The molecule has 0 atom stereocenters. The van der Waals surface area contributed by atoms with Crippen molar-refractivity contribution >= 4 is 0 Å². The Morgan fingerprint density at radius 1 is 2.00 bits per heavy atom. The van der Waals surface area contributed by atoms with Crippen LogP contribution < -0.4 is 0 Å². The lowest BCUT2D eigenvalue weighted by molar-refractivity contribution is 1.29. The predicted molar refractivity (Wildman–Crippen MR) is 18.5 cm³/mol. The fourth-order valence-corrected chi connectivity index (χ4v) is 0.186. The zero-order valence-corrected chi connectivity index (χ0v) is 2.60. The van der Waals surface area contributed by atoms with Crippen LogP contribution >= 0.6 is 0 Å². The van der Waals surface area contributed by atoms with Crippen LogP contribution in [0.2, 0.25) is 0 Å². The molecule has 2 nitrogen and oxygen atoms in total. The van der Waals surface area contributed by atoms with E-state index in [-0.39, 0.29) is 1.43 Å². The van der Waals surface area contributed by atoms with Crippen LogP contribution in [0.15, 0.2) is 12.4 Å². The average molecular weight is 68.1 g/mol. The normalized spacial score (nSPS) is 8.00. The second-order valence-corrected chi connectivity index (χ2v) is 0.701. The molecule has 0 aliphatic heterocycles. The molecule has 25 valence electrons. The van der Waals surface area contributed by atoms with Gasteiger partial charge in [0.15, 0.2) is 6.33 Å². The fraction of sp³-hybridized carbons (Fsp3) is 0. The molecule has 2 heteroatoms. The van der Waals surface area contributed by atoms with Crippen LogP contribution in [0, 0.1) is 6.33 Å². The summed E-state index contributed by atoms with van der Waals surface area (Å²) in [7, 11) is 0. The highest BCUT2D eigenvalue weighted by atomic mass is 14.8. The molecule has 0 aromatic carbocycles. The lowest BCUT2D eigenvalue weighted by atomic mass is 11.0. The van der Waals surface area contributed by atoms with Gasteiger partial charge in [0.05, 0.1) is 0 Å². The summed E-state index contributed by atoms with van der Waals surface area (Å²) in [4.78, 5) is 6.17. The number of aromatic amines is 1. The summed E-state index contributed by atoms with van der Waals surface area (Å²) < 4.78 is 0. The summed E-state index contributed by atoms with van der Waals surface area (Å²) in [5.41, 5.74) is 0. The molecule has 0 saturated heterocycles. The molecule has 0 bridgehead atoms. The summed E-state index contributed by atoms with van der Waals surface area (Å²) in [5, 5.41) is 0. The maximum absolute atomic E-state index is 3.54. The molecular formula is C3H4N2+. The van der Waals surface area contributed by atoms with E-state index in [4.69, 9.17) is 0 Å². The van der Waals surface area contributed by atoms with Gasteiger partial charge in [0, 0.05) is 12.4 Å². The number of hydrogen-bond acceptors (Lipinski definition) is 1. The van der Waals surface area contributed by atoms with E-state index in [0.717, 1.165) is 0 Å². The van der Waals surface area contributed by atoms with Gasteiger partial charge in [-0.25, -0.2) is 4.98 Å². The minimum Gasteiger partial charge on any atom is -0.342 e. The number of nitrogens with zero attached hydrogens (tertiary/aromatic N) is 1. The summed E-state index contributed by atoms with van der Waals surface area (Å²) in [6.45, 7) is 0. The van der Waals surface area contributed by atoms with Crippen molar-refractivity contribution in [3.05, 3.63) is 18.7 Å². The number of rotatable bonds is 0. The quantitative estimate of drug-likeness (QED) is 0.466. The van der Waals surface area contributed by atoms with Crippen LogP contribution in [-0.2, 0) is 0 Å². The van der Waals surface area contributed by atoms with Crippen molar-refractivity contribution in [3.8, 4) is 0 Å². The lowest BCUT2D eigenvalue weighted by Gasteiger charge is -1.44. The standard InChI is InChI=1S/C3H3N2/c1-2-5-3-4-1/h1-2H,(H,4,5)/p+1. The smallest absolute Gasteiger partial charge is 0.342 e. The molecule has 1 aromatic heterocycles. The maximum atomic E-state index is 3.54. The monoisotopic (exact) mass is 68.0 g/mol. The molecule has 1 heterocycles. The summed E-state index contributed by atoms with van der Waals surface area (Å²) in [6, 6.07) is 0. The Kier molecular flexibility index (Phi) is 0.433. The first-order valence-corrected chi connectivity index (χ1v) is 1.35. The molecular weight excluding hydrogens is 64.0 g/mol. The fourth-order valence-electron chi connectivity index (χ4n) is 0.186. The number of hydrogen-bond donors (Lipinski definition) is 1. The number of imidazole rings is 1. The van der Waals surface area contributed by atoms with Crippen LogP contribution in [0.5, 0.6) is 0 Å². The molecule has 0 saturated carbocycles. The topological polar surface area (TPSA) is 28.7 Å². The molecule has 0 fully saturated rings. The molecule has 1 N–H and O–H groups in total. The lowest BCUT2D eigenvalue weighted by Crippen LogP contribution is -1.46. The largest absolute Gasteiger partial charge is 1.00 e. The minimum absolute atomic E-state index is 0. The molecule has 0 amide bonds. The van der Waals surface area contributed by atoms with Gasteiger partial charge in [-0.3, -0.25) is 0 Å². The van der Waals surface area contributed by atoms with Gasteiger partial charge >= 0.3 is 1.43 Å². The Labute approximate surface area is 31.3 Å². The van der Waals surface area contributed by atoms with Gasteiger partial charge in [0.2, 0.25) is 0 Å². The van der Waals surface area contributed by atoms with Crippen LogP contribution in [0.1, 0.15) is 1.43 Å². The van der Waals surface area contributed by atoms with Crippen molar-refractivity contribution in [2.75, 3.05) is 0 Å². The third-order valence-corrected chi connectivity index (χ3v) is 0.362. The maximum Gasteiger partial charge on any atom is 1.00 e. The molecule has 0 spiro atoms. The first-order valence-electron chi connectivity index (χ1n) is 1.35. The molecule has 0 unspecified atom stereocenters. The summed E-state index contributed by atoms with van der Waals surface area (Å²) in [6.07, 6.45) is 5.83. The number of nitrogens with one attached hydrogen (secondary N) is 1. The second-order valence-electron chi connectivity index (χ2n) is 0.701. The minimum atomic E-state index is 0. The van der Waals surface area contributed by atoms with Crippen molar-refractivity contribution in [1.82, 2.24) is 9.97 Å². The van der Waals surface area contributed by atoms with Crippen molar-refractivity contribution in [3.63, 3.8) is 0 Å². The molecule has 5 heavy (non-hydrogen) atoms. The summed E-state index contributed by atoms with van der Waals surface area (Å²) in [5.74, 6) is 0. The SMILES string of the molecule is [H+].[c]1ncc[nH]1. The first-order chi connectivity index (χ1) is 2.50. The van der Waals surface area contributed by atoms with Gasteiger partial charge in [0.1, 0.15) is 0 Å². The predicted octanol–water partition coefficient (Wildman–Crippen LogP) is 0.322. The first kappa shape index (κ1) is 2.45. The zero-order valence-electron chi connectivity index (χ0n) is 3.60. The van der Waals surface area contributed by atoms with Gasteiger partial charge in [0.25, 0.3) is 0 Å². The van der Waals surface area contributed by atoms with E-state index in [1.54, 1.807) is 12.4 Å². The van der Waals surface area contributed by atoms with Crippen molar-refractivity contribution in [2.45, 2.75) is 0 Å². The van der Waals surface area contributed by atoms with E-state index in [9.17, 15) is 0 Å². The average Bonchev–Trinajstić information content (AvgIpc) is 1.76. The highest BCUT2D eigenvalue weighted by Crippen LogP contribution is 1.61.